The Labute approximate surface area is 171 Å². The summed E-state index contributed by atoms with van der Waals surface area (Å²) in [5.41, 5.74) is 1.46. The third kappa shape index (κ3) is 6.22. The number of benzene rings is 2. The second-order valence-corrected chi connectivity index (χ2v) is 9.53. The maximum atomic E-state index is 12.3. The maximum absolute atomic E-state index is 12.3. The number of hydrogen-bond donors (Lipinski definition) is 2. The number of hydrogen-bond acceptors (Lipinski definition) is 5. The molecule has 0 aliphatic heterocycles. The average Bonchev–Trinajstić information content (AvgIpc) is 3.08. The van der Waals surface area contributed by atoms with E-state index in [4.69, 9.17) is 4.74 Å². The van der Waals surface area contributed by atoms with Gasteiger partial charge in [0.15, 0.2) is 0 Å². The van der Waals surface area contributed by atoms with E-state index in [1.165, 1.54) is 0 Å². The number of alkyl carbamates (subject to hydrolysis) is 1. The van der Waals surface area contributed by atoms with Gasteiger partial charge < -0.3 is 0 Å². The Balaban J connectivity index is 1.72. The summed E-state index contributed by atoms with van der Waals surface area (Å²) in [5.74, 6) is 0. The number of carbonyl (C=O) groups excluding carboxylic acids is 1. The van der Waals surface area contributed by atoms with E-state index < -0.39 is 11.7 Å². The summed E-state index contributed by atoms with van der Waals surface area (Å²) < 4.78 is 7.26. The Kier molecular flexibility index (Phi) is 6.49. The third-order valence-corrected chi connectivity index (χ3v) is 5.57. The monoisotopic (exact) mass is 444 g/mol. The molecule has 0 saturated carbocycles. The number of amides is 1. The zero-order chi connectivity index (χ0) is 20.0. The van der Waals surface area contributed by atoms with Crippen LogP contribution in [0.1, 0.15) is 36.9 Å². The van der Waals surface area contributed by atoms with Crippen LogP contribution in [-0.4, -0.2) is 36.4 Å². The molecule has 0 spiro atoms. The summed E-state index contributed by atoms with van der Waals surface area (Å²) in [7, 11) is 0. The fourth-order valence-corrected chi connectivity index (χ4v) is 4.28. The van der Waals surface area contributed by atoms with Gasteiger partial charge in [-0.25, -0.2) is 0 Å². The zero-order valence-corrected chi connectivity index (χ0v) is 17.9. The Bertz CT molecular complexity index is 892. The van der Waals surface area contributed by atoms with Crippen LogP contribution in [0.3, 0.4) is 0 Å². The van der Waals surface area contributed by atoms with Crippen molar-refractivity contribution in [1.82, 2.24) is 15.5 Å². The molecule has 7 heteroatoms. The van der Waals surface area contributed by atoms with Crippen molar-refractivity contribution in [2.45, 2.75) is 38.8 Å². The first kappa shape index (κ1) is 20.1. The van der Waals surface area contributed by atoms with Crippen LogP contribution >= 0.6 is 0 Å². The van der Waals surface area contributed by atoms with E-state index in [0.29, 0.717) is 6.42 Å². The molecule has 1 aromatic heterocycles. The molecule has 1 heterocycles. The van der Waals surface area contributed by atoms with Crippen molar-refractivity contribution >= 4 is 31.0 Å². The van der Waals surface area contributed by atoms with Crippen molar-refractivity contribution < 1.29 is 9.53 Å². The van der Waals surface area contributed by atoms with E-state index in [-0.39, 0.29) is 20.5 Å². The number of nitrogens with one attached hydrogen (secondary N) is 2. The van der Waals surface area contributed by atoms with Crippen LogP contribution in [0.25, 0.3) is 0 Å². The summed E-state index contributed by atoms with van der Waals surface area (Å²) >= 11 is -0.0154. The second-order valence-electron chi connectivity index (χ2n) is 7.31. The van der Waals surface area contributed by atoms with Gasteiger partial charge >= 0.3 is 171 Å². The third-order valence-electron chi connectivity index (χ3n) is 3.76. The quantitative estimate of drug-likeness (QED) is 0.562. The Morgan fingerprint density at radius 1 is 1.04 bits per heavy atom. The SMILES string of the molecule is CC(C)(C)OC(=O)NC(Cc1nnc(Nc2ccccc2)[se]1)c1ccccc1. The molecule has 2 aromatic carbocycles. The number of rotatable bonds is 6. The van der Waals surface area contributed by atoms with Gasteiger partial charge in [0.2, 0.25) is 0 Å². The summed E-state index contributed by atoms with van der Waals surface area (Å²) in [4.78, 5) is 12.3. The van der Waals surface area contributed by atoms with Gasteiger partial charge in [0.05, 0.1) is 0 Å². The molecule has 0 bridgehead atoms. The molecule has 0 aliphatic carbocycles. The molecule has 0 fully saturated rings. The summed E-state index contributed by atoms with van der Waals surface area (Å²) in [5, 5.41) is 14.9. The molecule has 2 N–H and O–H groups in total. The van der Waals surface area contributed by atoms with Gasteiger partial charge in [-0.15, -0.1) is 0 Å². The van der Waals surface area contributed by atoms with Gasteiger partial charge in [0.25, 0.3) is 0 Å². The van der Waals surface area contributed by atoms with E-state index >= 15 is 0 Å². The van der Waals surface area contributed by atoms with E-state index in [1.54, 1.807) is 0 Å². The average molecular weight is 443 g/mol. The molecule has 28 heavy (non-hydrogen) atoms. The fourth-order valence-electron chi connectivity index (χ4n) is 2.59. The van der Waals surface area contributed by atoms with Crippen LogP contribution in [0.15, 0.2) is 60.7 Å². The summed E-state index contributed by atoms with van der Waals surface area (Å²) in [6.07, 6.45) is 0.156. The first-order valence-corrected chi connectivity index (χ1v) is 10.8. The van der Waals surface area contributed by atoms with E-state index in [2.05, 4.69) is 20.8 Å². The number of nitrogens with zero attached hydrogens (tertiary/aromatic N) is 2. The van der Waals surface area contributed by atoms with Crippen molar-refractivity contribution in [3.8, 4) is 0 Å². The first-order valence-electron chi connectivity index (χ1n) is 9.08. The molecule has 0 radical (unpaired) electrons. The molecule has 0 saturated heterocycles. The molecule has 146 valence electrons. The summed E-state index contributed by atoms with van der Waals surface area (Å²) in [6.45, 7) is 5.55. The topological polar surface area (TPSA) is 76.1 Å². The first-order chi connectivity index (χ1) is 13.4. The molecule has 0 aliphatic rings. The van der Waals surface area contributed by atoms with E-state index in [9.17, 15) is 4.79 Å². The van der Waals surface area contributed by atoms with Crippen LogP contribution in [0.2, 0.25) is 0 Å². The molecular formula is C21H24N4O2Se. The molecule has 3 rings (SSSR count). The van der Waals surface area contributed by atoms with Gasteiger partial charge in [0, 0.05) is 0 Å². The van der Waals surface area contributed by atoms with Crippen molar-refractivity contribution in [2.24, 2.45) is 0 Å². The Morgan fingerprint density at radius 3 is 2.32 bits per heavy atom. The Morgan fingerprint density at radius 2 is 1.68 bits per heavy atom. The van der Waals surface area contributed by atoms with Crippen LogP contribution in [0.5, 0.6) is 0 Å². The molecule has 3 aromatic rings. The van der Waals surface area contributed by atoms with Gasteiger partial charge in [0.1, 0.15) is 0 Å². The van der Waals surface area contributed by atoms with Crippen LogP contribution < -0.4 is 10.6 Å². The predicted molar refractivity (Wildman–Crippen MR) is 111 cm³/mol. The van der Waals surface area contributed by atoms with Crippen molar-refractivity contribution in [1.29, 1.82) is 0 Å². The normalized spacial score (nSPS) is 12.2. The van der Waals surface area contributed by atoms with E-state index in [1.807, 2.05) is 81.4 Å². The van der Waals surface area contributed by atoms with Crippen LogP contribution in [-0.2, 0) is 11.2 Å². The van der Waals surface area contributed by atoms with Crippen molar-refractivity contribution in [3.05, 3.63) is 70.8 Å². The standard InChI is InChI=1S/C21H24N4O2Se/c1-21(2,3)27-20(26)23-17(15-10-6-4-7-11-15)14-18-24-25-19(28-18)22-16-12-8-5-9-13-16/h4-13,17H,14H2,1-3H3,(H,22,25)(H,23,26). The second kappa shape index (κ2) is 9.04. The molecule has 1 atom stereocenters. The van der Waals surface area contributed by atoms with Crippen LogP contribution in [0.4, 0.5) is 15.2 Å². The Hall–Kier alpha value is -2.63. The van der Waals surface area contributed by atoms with Gasteiger partial charge in [-0.3, -0.25) is 0 Å². The minimum absolute atomic E-state index is 0.0154. The summed E-state index contributed by atoms with van der Waals surface area (Å²) in [6, 6.07) is 19.6. The number of ether oxygens (including phenoxy) is 1. The van der Waals surface area contributed by atoms with Crippen molar-refractivity contribution in [3.63, 3.8) is 0 Å². The van der Waals surface area contributed by atoms with Gasteiger partial charge in [-0.1, -0.05) is 0 Å². The molecule has 6 nitrogen and oxygen atoms in total. The fraction of sp³-hybridized carbons (Fsp3) is 0.286. The number of anilines is 2. The van der Waals surface area contributed by atoms with Crippen molar-refractivity contribution in [2.75, 3.05) is 5.32 Å². The molecular weight excluding hydrogens is 419 g/mol. The predicted octanol–water partition coefficient (Wildman–Crippen LogP) is 4.09. The molecule has 1 unspecified atom stereocenters. The number of aromatic nitrogens is 2. The number of para-hydroxylation sites is 1. The number of carbonyl (C=O) groups is 1. The molecule has 1 amide bonds. The van der Waals surface area contributed by atoms with Gasteiger partial charge in [-0.05, 0) is 0 Å². The van der Waals surface area contributed by atoms with E-state index in [0.717, 1.165) is 20.5 Å². The van der Waals surface area contributed by atoms with Gasteiger partial charge in [-0.2, -0.15) is 0 Å². The minimum atomic E-state index is -0.546. The zero-order valence-electron chi connectivity index (χ0n) is 16.2. The van der Waals surface area contributed by atoms with Crippen LogP contribution in [0, 0.1) is 0 Å².